The van der Waals surface area contributed by atoms with Gasteiger partial charge in [0.2, 0.25) is 0 Å². The van der Waals surface area contributed by atoms with Gasteiger partial charge in [-0.15, -0.1) is 0 Å². The molecular formula is C25H39NO4. The second-order valence-electron chi connectivity index (χ2n) is 11.6. The van der Waals surface area contributed by atoms with E-state index in [4.69, 9.17) is 4.52 Å². The molecule has 5 rings (SSSR count). The zero-order valence-electron chi connectivity index (χ0n) is 18.6. The molecule has 3 N–H and O–H groups in total. The lowest BCUT2D eigenvalue weighted by atomic mass is 9.42. The van der Waals surface area contributed by atoms with Crippen molar-refractivity contribution in [1.29, 1.82) is 0 Å². The number of hydrogen-bond donors (Lipinski definition) is 3. The fourth-order valence-corrected chi connectivity index (χ4v) is 8.99. The first-order valence-corrected chi connectivity index (χ1v) is 12.2. The van der Waals surface area contributed by atoms with Crippen LogP contribution >= 0.6 is 0 Å². The molecule has 0 spiro atoms. The van der Waals surface area contributed by atoms with Gasteiger partial charge in [0.1, 0.15) is 6.61 Å². The second kappa shape index (κ2) is 7.31. The van der Waals surface area contributed by atoms with E-state index in [-0.39, 0.29) is 24.0 Å². The summed E-state index contributed by atoms with van der Waals surface area (Å²) in [4.78, 5) is 0. The summed E-state index contributed by atoms with van der Waals surface area (Å²) in [6.07, 6.45) is 11.1. The van der Waals surface area contributed by atoms with Crippen molar-refractivity contribution in [2.75, 3.05) is 6.61 Å². The van der Waals surface area contributed by atoms with Crippen molar-refractivity contribution in [3.05, 3.63) is 17.5 Å². The summed E-state index contributed by atoms with van der Waals surface area (Å²) in [6.45, 7) is 4.68. The highest BCUT2D eigenvalue weighted by molar-refractivity contribution is 5.20. The molecule has 0 aromatic carbocycles. The predicted octanol–water partition coefficient (Wildman–Crippen LogP) is 4.41. The number of aromatic nitrogens is 1. The van der Waals surface area contributed by atoms with Crippen LogP contribution in [0.2, 0.25) is 0 Å². The monoisotopic (exact) mass is 417 g/mol. The van der Waals surface area contributed by atoms with Crippen molar-refractivity contribution >= 4 is 0 Å². The minimum absolute atomic E-state index is 0.0839. The van der Waals surface area contributed by atoms with Crippen molar-refractivity contribution in [2.45, 2.75) is 96.2 Å². The molecule has 0 unspecified atom stereocenters. The number of nitrogens with zero attached hydrogens (tertiary/aromatic N) is 1. The summed E-state index contributed by atoms with van der Waals surface area (Å²) in [5.74, 6) is 3.66. The maximum absolute atomic E-state index is 10.8. The van der Waals surface area contributed by atoms with E-state index in [0.29, 0.717) is 29.4 Å². The molecule has 4 aliphatic rings. The Balaban J connectivity index is 1.43. The minimum Gasteiger partial charge on any atom is -0.396 e. The van der Waals surface area contributed by atoms with Crippen molar-refractivity contribution in [3.63, 3.8) is 0 Å². The Hall–Kier alpha value is -0.910. The van der Waals surface area contributed by atoms with E-state index in [1.54, 1.807) is 0 Å². The van der Waals surface area contributed by atoms with Crippen molar-refractivity contribution in [3.8, 4) is 0 Å². The lowest BCUT2D eigenvalue weighted by molar-refractivity contribution is -0.158. The Morgan fingerprint density at radius 2 is 1.87 bits per heavy atom. The Labute approximate surface area is 180 Å². The summed E-state index contributed by atoms with van der Waals surface area (Å²) >= 11 is 0. The third-order valence-corrected chi connectivity index (χ3v) is 10.3. The van der Waals surface area contributed by atoms with Crippen LogP contribution in [0.25, 0.3) is 0 Å². The molecule has 5 heteroatoms. The van der Waals surface area contributed by atoms with Gasteiger partial charge in [-0.05, 0) is 106 Å². The largest absolute Gasteiger partial charge is 0.396 e. The minimum atomic E-state index is -0.532. The number of rotatable bonds is 4. The fraction of sp³-hybridized carbons (Fsp3) is 0.880. The highest BCUT2D eigenvalue weighted by Gasteiger charge is 2.62. The molecule has 5 nitrogen and oxygen atoms in total. The van der Waals surface area contributed by atoms with Crippen molar-refractivity contribution < 1.29 is 19.8 Å². The topological polar surface area (TPSA) is 86.7 Å². The van der Waals surface area contributed by atoms with E-state index in [1.165, 1.54) is 32.1 Å². The van der Waals surface area contributed by atoms with E-state index < -0.39 is 5.60 Å². The summed E-state index contributed by atoms with van der Waals surface area (Å²) in [5, 5.41) is 34.5. The van der Waals surface area contributed by atoms with Gasteiger partial charge in [-0.1, -0.05) is 12.1 Å². The fourth-order valence-electron chi connectivity index (χ4n) is 8.99. The Morgan fingerprint density at radius 3 is 2.60 bits per heavy atom. The molecule has 4 fully saturated rings. The predicted molar refractivity (Wildman–Crippen MR) is 114 cm³/mol. The van der Waals surface area contributed by atoms with Gasteiger partial charge in [0.15, 0.2) is 5.76 Å². The zero-order valence-corrected chi connectivity index (χ0v) is 18.6. The first kappa shape index (κ1) is 21.0. The van der Waals surface area contributed by atoms with Crippen LogP contribution in [0.3, 0.4) is 0 Å². The van der Waals surface area contributed by atoms with Crippen LogP contribution in [0.15, 0.2) is 10.6 Å². The molecule has 0 aliphatic heterocycles. The van der Waals surface area contributed by atoms with E-state index in [1.807, 2.05) is 13.0 Å². The lowest BCUT2D eigenvalue weighted by Crippen LogP contribution is -2.56. The molecule has 1 heterocycles. The molecule has 1 aromatic rings. The number of fused-ring (bicyclic) bond motifs is 5. The number of aliphatic hydroxyl groups is 3. The third kappa shape index (κ3) is 3.02. The molecular weight excluding hydrogens is 378 g/mol. The summed E-state index contributed by atoms with van der Waals surface area (Å²) in [6, 6.07) is 1.97. The Kier molecular flexibility index (Phi) is 5.11. The van der Waals surface area contributed by atoms with Crippen LogP contribution in [0.5, 0.6) is 0 Å². The molecule has 8 atom stereocenters. The van der Waals surface area contributed by atoms with Gasteiger partial charge in [0.05, 0.1) is 11.3 Å². The highest BCUT2D eigenvalue weighted by Crippen LogP contribution is 2.70. The Bertz CT molecular complexity index is 775. The maximum atomic E-state index is 10.8. The van der Waals surface area contributed by atoms with Gasteiger partial charge in [-0.3, -0.25) is 0 Å². The molecule has 30 heavy (non-hydrogen) atoms. The molecule has 0 saturated heterocycles. The second-order valence-corrected chi connectivity index (χ2v) is 11.6. The van der Waals surface area contributed by atoms with E-state index in [0.717, 1.165) is 43.7 Å². The van der Waals surface area contributed by atoms with E-state index in [2.05, 4.69) is 12.1 Å². The zero-order chi connectivity index (χ0) is 21.1. The van der Waals surface area contributed by atoms with Crippen LogP contribution in [0.4, 0.5) is 0 Å². The highest BCUT2D eigenvalue weighted by atomic mass is 16.5. The first-order chi connectivity index (χ1) is 14.3. The van der Waals surface area contributed by atoms with Crippen LogP contribution in [0, 0.1) is 34.5 Å². The average molecular weight is 418 g/mol. The molecule has 0 bridgehead atoms. The molecule has 1 aromatic heterocycles. The molecule has 168 valence electrons. The third-order valence-electron chi connectivity index (χ3n) is 10.3. The lowest BCUT2D eigenvalue weighted by Gasteiger charge is -2.63. The van der Waals surface area contributed by atoms with E-state index >= 15 is 0 Å². The van der Waals surface area contributed by atoms with Crippen molar-refractivity contribution in [2.24, 2.45) is 34.5 Å². The standard InChI is InChI=1S/C25H39NO4/c1-23(29)9-10-25(11-12-27)16(14-23)3-4-18-19-5-6-21(22-13-17(15-28)30-26-22)24(19,2)8-7-20(18)25/h13,16,18-21,27-29H,3-12,14-15H2,1-2H3/t16-,18+,19+,20+,21-,23-,24+,25-/m1/s1. The summed E-state index contributed by atoms with van der Waals surface area (Å²) in [5.41, 5.74) is 0.972. The van der Waals surface area contributed by atoms with Crippen LogP contribution in [0.1, 0.15) is 95.4 Å². The molecule has 4 saturated carbocycles. The SMILES string of the molecule is C[C@@]1(O)CC[C@@]2(CCO)[C@H](CC[C@H]3[C@@H]4CC[C@H](c5cc(CO)on5)[C@@]4(C)CC[C@@H]32)C1. The number of hydrogen-bond acceptors (Lipinski definition) is 5. The van der Waals surface area contributed by atoms with Crippen molar-refractivity contribution in [1.82, 2.24) is 5.16 Å². The average Bonchev–Trinajstić information content (AvgIpc) is 3.31. The van der Waals surface area contributed by atoms with Gasteiger partial charge in [0, 0.05) is 18.6 Å². The van der Waals surface area contributed by atoms with Gasteiger partial charge in [0.25, 0.3) is 0 Å². The Morgan fingerprint density at radius 1 is 1.03 bits per heavy atom. The van der Waals surface area contributed by atoms with Gasteiger partial charge >= 0.3 is 0 Å². The van der Waals surface area contributed by atoms with E-state index in [9.17, 15) is 15.3 Å². The quantitative estimate of drug-likeness (QED) is 0.676. The smallest absolute Gasteiger partial charge is 0.162 e. The van der Waals surface area contributed by atoms with Crippen LogP contribution < -0.4 is 0 Å². The molecule has 4 aliphatic carbocycles. The summed E-state index contributed by atoms with van der Waals surface area (Å²) < 4.78 is 5.34. The molecule has 0 amide bonds. The van der Waals surface area contributed by atoms with Gasteiger partial charge in [-0.25, -0.2) is 0 Å². The van der Waals surface area contributed by atoms with Crippen LogP contribution in [-0.2, 0) is 6.61 Å². The normalized spacial score (nSPS) is 48.1. The molecule has 0 radical (unpaired) electrons. The number of aliphatic hydroxyl groups excluding tert-OH is 2. The first-order valence-electron chi connectivity index (χ1n) is 12.2. The van der Waals surface area contributed by atoms with Crippen LogP contribution in [-0.4, -0.2) is 32.7 Å². The van der Waals surface area contributed by atoms with Gasteiger partial charge in [-0.2, -0.15) is 0 Å². The maximum Gasteiger partial charge on any atom is 0.162 e. The van der Waals surface area contributed by atoms with Gasteiger partial charge < -0.3 is 19.8 Å². The summed E-state index contributed by atoms with van der Waals surface area (Å²) in [7, 11) is 0.